The predicted octanol–water partition coefficient (Wildman–Crippen LogP) is 2.87. The lowest BCUT2D eigenvalue weighted by Crippen LogP contribution is -2.44. The molecule has 1 heterocycles. The van der Waals surface area contributed by atoms with E-state index < -0.39 is 4.92 Å². The van der Waals surface area contributed by atoms with Gasteiger partial charge >= 0.3 is 0 Å². The van der Waals surface area contributed by atoms with Gasteiger partial charge in [-0.3, -0.25) is 15.0 Å². The van der Waals surface area contributed by atoms with Crippen LogP contribution in [0.1, 0.15) is 5.56 Å². The monoisotopic (exact) mass is 328 g/mol. The van der Waals surface area contributed by atoms with Crippen LogP contribution in [-0.2, 0) is 11.3 Å². The molecule has 0 saturated carbocycles. The molecule has 3 rings (SSSR count). The summed E-state index contributed by atoms with van der Waals surface area (Å²) in [6.45, 7) is 3.60. The second kappa shape index (κ2) is 7.90. The Bertz CT molecular complexity index is 678. The number of ether oxygens (including phenoxy) is 2. The second-order valence-electron chi connectivity index (χ2n) is 5.78. The van der Waals surface area contributed by atoms with Gasteiger partial charge in [0.05, 0.1) is 17.6 Å². The summed E-state index contributed by atoms with van der Waals surface area (Å²) in [7, 11) is 0. The van der Waals surface area contributed by atoms with Gasteiger partial charge in [-0.25, -0.2) is 0 Å². The molecule has 0 radical (unpaired) electrons. The van der Waals surface area contributed by atoms with Crippen LogP contribution in [-0.4, -0.2) is 42.2 Å². The van der Waals surface area contributed by atoms with Crippen molar-refractivity contribution in [3.8, 4) is 5.75 Å². The first kappa shape index (κ1) is 16.4. The molecule has 6 heteroatoms. The van der Waals surface area contributed by atoms with Crippen LogP contribution in [0.5, 0.6) is 5.75 Å². The van der Waals surface area contributed by atoms with Crippen LogP contribution in [0.2, 0.25) is 0 Å². The molecule has 0 spiro atoms. The maximum atomic E-state index is 10.8. The van der Waals surface area contributed by atoms with Gasteiger partial charge in [-0.05, 0) is 11.6 Å². The number of nitro benzene ring substituents is 1. The fourth-order valence-electron chi connectivity index (χ4n) is 2.74. The molecule has 126 valence electrons. The van der Waals surface area contributed by atoms with Crippen LogP contribution in [0.25, 0.3) is 0 Å². The smallest absolute Gasteiger partial charge is 0.273 e. The standard InChI is InChI=1S/C18H20N2O4/c21-20(22)16-7-4-8-17(11-16)24-14-18-13-19(9-10-23-18)12-15-5-2-1-3-6-15/h1-8,11,18H,9-10,12-14H2. The first-order chi connectivity index (χ1) is 11.7. The van der Waals surface area contributed by atoms with Crippen molar-refractivity contribution in [3.63, 3.8) is 0 Å². The van der Waals surface area contributed by atoms with Crippen molar-refractivity contribution in [2.24, 2.45) is 0 Å². The molecule has 2 aromatic rings. The molecule has 1 aliphatic rings. The van der Waals surface area contributed by atoms with E-state index in [-0.39, 0.29) is 11.8 Å². The summed E-state index contributed by atoms with van der Waals surface area (Å²) in [4.78, 5) is 12.7. The van der Waals surface area contributed by atoms with Crippen LogP contribution in [0, 0.1) is 10.1 Å². The fourth-order valence-corrected chi connectivity index (χ4v) is 2.74. The highest BCUT2D eigenvalue weighted by Crippen LogP contribution is 2.20. The molecular formula is C18H20N2O4. The Kier molecular flexibility index (Phi) is 5.40. The predicted molar refractivity (Wildman–Crippen MR) is 90.1 cm³/mol. The van der Waals surface area contributed by atoms with Crippen molar-refractivity contribution >= 4 is 5.69 Å². The average molecular weight is 328 g/mol. The zero-order chi connectivity index (χ0) is 16.8. The molecule has 0 N–H and O–H groups in total. The largest absolute Gasteiger partial charge is 0.491 e. The molecule has 1 unspecified atom stereocenters. The van der Waals surface area contributed by atoms with Gasteiger partial charge < -0.3 is 9.47 Å². The van der Waals surface area contributed by atoms with Crippen LogP contribution >= 0.6 is 0 Å². The average Bonchev–Trinajstić information content (AvgIpc) is 2.61. The molecule has 1 aliphatic heterocycles. The molecule has 1 atom stereocenters. The van der Waals surface area contributed by atoms with E-state index in [9.17, 15) is 10.1 Å². The third-order valence-electron chi connectivity index (χ3n) is 3.94. The van der Waals surface area contributed by atoms with Crippen LogP contribution in [0.4, 0.5) is 5.69 Å². The number of hydrogen-bond acceptors (Lipinski definition) is 5. The highest BCUT2D eigenvalue weighted by molar-refractivity contribution is 5.37. The van der Waals surface area contributed by atoms with E-state index in [1.807, 2.05) is 18.2 Å². The molecular weight excluding hydrogens is 308 g/mol. The van der Waals surface area contributed by atoms with Gasteiger partial charge in [-0.2, -0.15) is 0 Å². The Morgan fingerprint density at radius 1 is 1.21 bits per heavy atom. The Morgan fingerprint density at radius 2 is 2.04 bits per heavy atom. The van der Waals surface area contributed by atoms with Gasteiger partial charge in [-0.15, -0.1) is 0 Å². The third-order valence-corrected chi connectivity index (χ3v) is 3.94. The molecule has 0 aromatic heterocycles. The number of hydrogen-bond donors (Lipinski definition) is 0. The van der Waals surface area contributed by atoms with Gasteiger partial charge in [0.15, 0.2) is 0 Å². The maximum Gasteiger partial charge on any atom is 0.273 e. The Hall–Kier alpha value is -2.44. The lowest BCUT2D eigenvalue weighted by Gasteiger charge is -2.32. The normalized spacial score (nSPS) is 18.2. The fraction of sp³-hybridized carbons (Fsp3) is 0.333. The van der Waals surface area contributed by atoms with E-state index in [2.05, 4.69) is 17.0 Å². The number of rotatable bonds is 6. The lowest BCUT2D eigenvalue weighted by atomic mass is 10.2. The van der Waals surface area contributed by atoms with Crippen molar-refractivity contribution in [2.45, 2.75) is 12.6 Å². The van der Waals surface area contributed by atoms with Gasteiger partial charge in [-0.1, -0.05) is 36.4 Å². The molecule has 6 nitrogen and oxygen atoms in total. The zero-order valence-electron chi connectivity index (χ0n) is 13.3. The molecule has 24 heavy (non-hydrogen) atoms. The van der Waals surface area contributed by atoms with Gasteiger partial charge in [0.1, 0.15) is 18.5 Å². The summed E-state index contributed by atoms with van der Waals surface area (Å²) in [5, 5.41) is 10.8. The van der Waals surface area contributed by atoms with E-state index in [0.717, 1.165) is 19.6 Å². The summed E-state index contributed by atoms with van der Waals surface area (Å²) < 4.78 is 11.4. The van der Waals surface area contributed by atoms with E-state index in [0.29, 0.717) is 19.0 Å². The molecule has 0 amide bonds. The Morgan fingerprint density at radius 3 is 2.83 bits per heavy atom. The number of non-ortho nitro benzene ring substituents is 1. The number of benzene rings is 2. The van der Waals surface area contributed by atoms with Gasteiger partial charge in [0, 0.05) is 25.7 Å². The Balaban J connectivity index is 1.52. The number of morpholine rings is 1. The van der Waals surface area contributed by atoms with Gasteiger partial charge in [0.25, 0.3) is 5.69 Å². The second-order valence-corrected chi connectivity index (χ2v) is 5.78. The van der Waals surface area contributed by atoms with Crippen molar-refractivity contribution in [2.75, 3.05) is 26.3 Å². The minimum absolute atomic E-state index is 0.0303. The zero-order valence-corrected chi connectivity index (χ0v) is 13.3. The topological polar surface area (TPSA) is 64.8 Å². The number of nitro groups is 1. The summed E-state index contributed by atoms with van der Waals surface area (Å²) in [5.41, 5.74) is 1.31. The molecule has 2 aromatic carbocycles. The van der Waals surface area contributed by atoms with Gasteiger partial charge in [0.2, 0.25) is 0 Å². The summed E-state index contributed by atoms with van der Waals surface area (Å²) in [5.74, 6) is 0.494. The first-order valence-electron chi connectivity index (χ1n) is 7.96. The SMILES string of the molecule is O=[N+]([O-])c1cccc(OCC2CN(Cc3ccccc3)CCO2)c1. The van der Waals surface area contributed by atoms with E-state index in [1.165, 1.54) is 17.7 Å². The minimum atomic E-state index is -0.425. The third kappa shape index (κ3) is 4.53. The quantitative estimate of drug-likeness (QED) is 0.602. The van der Waals surface area contributed by atoms with Crippen LogP contribution in [0.15, 0.2) is 54.6 Å². The van der Waals surface area contributed by atoms with Crippen molar-refractivity contribution in [3.05, 3.63) is 70.3 Å². The van der Waals surface area contributed by atoms with Crippen molar-refractivity contribution in [1.82, 2.24) is 4.90 Å². The van der Waals surface area contributed by atoms with E-state index in [4.69, 9.17) is 9.47 Å². The highest BCUT2D eigenvalue weighted by Gasteiger charge is 2.21. The Labute approximate surface area is 140 Å². The van der Waals surface area contributed by atoms with Crippen molar-refractivity contribution < 1.29 is 14.4 Å². The van der Waals surface area contributed by atoms with Crippen molar-refractivity contribution in [1.29, 1.82) is 0 Å². The molecule has 0 bridgehead atoms. The molecule has 1 fully saturated rings. The summed E-state index contributed by atoms with van der Waals surface area (Å²) in [6.07, 6.45) is -0.0401. The molecule has 1 saturated heterocycles. The number of nitrogens with zero attached hydrogens (tertiary/aromatic N) is 2. The summed E-state index contributed by atoms with van der Waals surface area (Å²) >= 11 is 0. The highest BCUT2D eigenvalue weighted by atomic mass is 16.6. The maximum absolute atomic E-state index is 10.8. The van der Waals surface area contributed by atoms with Crippen LogP contribution in [0.3, 0.4) is 0 Å². The first-order valence-corrected chi connectivity index (χ1v) is 7.96. The van der Waals surface area contributed by atoms with Crippen LogP contribution < -0.4 is 4.74 Å². The van der Waals surface area contributed by atoms with E-state index >= 15 is 0 Å². The molecule has 0 aliphatic carbocycles. The minimum Gasteiger partial charge on any atom is -0.491 e. The lowest BCUT2D eigenvalue weighted by molar-refractivity contribution is -0.384. The summed E-state index contributed by atoms with van der Waals surface area (Å²) in [6, 6.07) is 16.6. The van der Waals surface area contributed by atoms with E-state index in [1.54, 1.807) is 12.1 Å².